The van der Waals surface area contributed by atoms with E-state index in [2.05, 4.69) is 4.89 Å². The van der Waals surface area contributed by atoms with Crippen LogP contribution < -0.4 is 0 Å². The molecule has 1 aliphatic rings. The number of aliphatic hydroxyl groups excluding tert-OH is 2. The summed E-state index contributed by atoms with van der Waals surface area (Å²) in [6.45, 7) is 0. The summed E-state index contributed by atoms with van der Waals surface area (Å²) in [5, 5.41) is 79.3. The molecule has 15 heteroatoms. The van der Waals surface area contributed by atoms with Gasteiger partial charge in [-0.15, -0.1) is 0 Å². The van der Waals surface area contributed by atoms with E-state index in [1.807, 2.05) is 0 Å². The first-order chi connectivity index (χ1) is 20.8. The molecule has 0 amide bonds. The number of allylic oxidation sites excluding steroid dienone is 1. The number of ether oxygens (including phenoxy) is 2. The van der Waals surface area contributed by atoms with Crippen molar-refractivity contribution < 1.29 is 74.5 Å². The first-order valence-electron chi connectivity index (χ1n) is 12.7. The lowest BCUT2D eigenvalue weighted by molar-refractivity contribution is -0.372. The second-order valence-electron chi connectivity index (χ2n) is 9.50. The maximum Gasteiger partial charge on any atom is 0.373 e. The van der Waals surface area contributed by atoms with Crippen molar-refractivity contribution in [2.24, 2.45) is 0 Å². The topological polar surface area (TPSA) is 250 Å². The first kappa shape index (κ1) is 31.6. The minimum absolute atomic E-state index is 0.508. The van der Waals surface area contributed by atoms with Crippen LogP contribution in [0.1, 0.15) is 32.7 Å². The van der Waals surface area contributed by atoms with E-state index in [1.165, 1.54) is 12.2 Å². The summed E-state index contributed by atoms with van der Waals surface area (Å²) >= 11 is 0. The lowest BCUT2D eigenvalue weighted by Gasteiger charge is -2.40. The predicted molar refractivity (Wildman–Crippen MR) is 144 cm³/mol. The molecule has 0 unspecified atom stereocenters. The summed E-state index contributed by atoms with van der Waals surface area (Å²) in [6, 6.07) is 11.7. The van der Waals surface area contributed by atoms with E-state index in [0.29, 0.717) is 5.56 Å². The van der Waals surface area contributed by atoms with E-state index in [-0.39, 0.29) is 0 Å². The van der Waals surface area contributed by atoms with Crippen molar-refractivity contribution in [2.75, 3.05) is 0 Å². The van der Waals surface area contributed by atoms with Crippen molar-refractivity contribution in [3.8, 4) is 34.5 Å². The average molecular weight is 615 g/mol. The molecular weight excluding hydrogens is 588 g/mol. The number of carbonyl (C=O) groups excluding carboxylic acids is 3. The Kier molecular flexibility index (Phi) is 9.55. The Hall–Kier alpha value is -5.35. The molecule has 5 atom stereocenters. The average Bonchev–Trinajstić information content (AvgIpc) is 2.99. The predicted octanol–water partition coefficient (Wildman–Crippen LogP) is 1.35. The van der Waals surface area contributed by atoms with E-state index in [9.17, 15) is 55.2 Å². The van der Waals surface area contributed by atoms with Crippen molar-refractivity contribution in [1.82, 2.24) is 0 Å². The third kappa shape index (κ3) is 7.16. The number of aliphatic hydroxyl groups is 2. The molecule has 232 valence electrons. The summed E-state index contributed by atoms with van der Waals surface area (Å²) in [4.78, 5) is 47.5. The highest BCUT2D eigenvalue weighted by Crippen LogP contribution is 2.37. The molecule has 0 aliphatic carbocycles. The SMILES string of the molecule is O=C(C=Cc1ccccc1)C[C@H]1O[C@@H](OC(=O)c2cc(O)c(O)c(O)c2)[C@H](OOC(=O)c2cc(O)c(O)c(O)c2)[C@H](O)[C@@H]1O. The van der Waals surface area contributed by atoms with Gasteiger partial charge in [-0.1, -0.05) is 36.4 Å². The van der Waals surface area contributed by atoms with Crippen LogP contribution in [0.2, 0.25) is 0 Å². The van der Waals surface area contributed by atoms with Gasteiger partial charge in [0.15, 0.2) is 46.4 Å². The van der Waals surface area contributed by atoms with Crippen LogP contribution in [0.5, 0.6) is 34.5 Å². The first-order valence-corrected chi connectivity index (χ1v) is 12.7. The zero-order valence-electron chi connectivity index (χ0n) is 22.4. The largest absolute Gasteiger partial charge is 0.504 e. The summed E-state index contributed by atoms with van der Waals surface area (Å²) in [6.07, 6.45) is -7.15. The molecule has 0 aromatic heterocycles. The molecule has 3 aromatic carbocycles. The molecule has 1 saturated heterocycles. The quantitative estimate of drug-likeness (QED) is 0.0557. The minimum atomic E-state index is -2.02. The molecule has 1 fully saturated rings. The van der Waals surface area contributed by atoms with Gasteiger partial charge >= 0.3 is 11.9 Å². The Morgan fingerprint density at radius 3 is 1.82 bits per heavy atom. The Bertz CT molecular complexity index is 1520. The van der Waals surface area contributed by atoms with Gasteiger partial charge in [-0.2, -0.15) is 4.89 Å². The summed E-state index contributed by atoms with van der Waals surface area (Å²) in [7, 11) is 0. The number of benzene rings is 3. The van der Waals surface area contributed by atoms with Crippen LogP contribution in [-0.2, 0) is 24.0 Å². The van der Waals surface area contributed by atoms with E-state index in [0.717, 1.165) is 24.3 Å². The molecule has 0 bridgehead atoms. The Morgan fingerprint density at radius 2 is 1.27 bits per heavy atom. The maximum atomic E-state index is 12.8. The minimum Gasteiger partial charge on any atom is -0.504 e. The van der Waals surface area contributed by atoms with Gasteiger partial charge < -0.3 is 50.3 Å². The number of hydrogen-bond acceptors (Lipinski definition) is 15. The third-order valence-corrected chi connectivity index (χ3v) is 6.38. The number of ketones is 1. The molecule has 0 radical (unpaired) electrons. The lowest BCUT2D eigenvalue weighted by atomic mass is 9.95. The fourth-order valence-electron chi connectivity index (χ4n) is 4.06. The van der Waals surface area contributed by atoms with Crippen LogP contribution >= 0.6 is 0 Å². The van der Waals surface area contributed by atoms with E-state index in [4.69, 9.17) is 14.4 Å². The standard InChI is InChI=1S/C29H26O15/c30-16(7-6-13-4-2-1-3-5-13)12-21-24(37)25(38)26(43-44-28(40)15-10-19(33)23(36)20(34)11-15)29(41-21)42-27(39)14-8-17(31)22(35)18(32)9-14/h1-11,21,24-26,29,31-38H,12H2/t21-,24-,25-,26-,29+/m1/s1. The van der Waals surface area contributed by atoms with E-state index < -0.39 is 100 Å². The van der Waals surface area contributed by atoms with Crippen LogP contribution in [0.3, 0.4) is 0 Å². The van der Waals surface area contributed by atoms with Crippen molar-refractivity contribution >= 4 is 23.8 Å². The van der Waals surface area contributed by atoms with Crippen LogP contribution in [-0.4, -0.2) is 89.3 Å². The summed E-state index contributed by atoms with van der Waals surface area (Å²) < 4.78 is 10.8. The van der Waals surface area contributed by atoms with Gasteiger partial charge in [-0.25, -0.2) is 9.59 Å². The van der Waals surface area contributed by atoms with Crippen LogP contribution in [0.25, 0.3) is 6.08 Å². The summed E-state index contributed by atoms with van der Waals surface area (Å²) in [5.74, 6) is -8.61. The highest BCUT2D eigenvalue weighted by atomic mass is 17.2. The number of phenolic OH excluding ortho intramolecular Hbond substituents is 6. The lowest BCUT2D eigenvalue weighted by Crippen LogP contribution is -2.59. The molecule has 1 aliphatic heterocycles. The van der Waals surface area contributed by atoms with Gasteiger partial charge in [-0.3, -0.25) is 9.68 Å². The zero-order chi connectivity index (χ0) is 32.1. The summed E-state index contributed by atoms with van der Waals surface area (Å²) in [5.41, 5.74) is -0.336. The highest BCUT2D eigenvalue weighted by molar-refractivity contribution is 5.94. The Morgan fingerprint density at radius 1 is 0.750 bits per heavy atom. The third-order valence-electron chi connectivity index (χ3n) is 6.38. The zero-order valence-corrected chi connectivity index (χ0v) is 22.4. The van der Waals surface area contributed by atoms with Crippen LogP contribution in [0.4, 0.5) is 0 Å². The molecule has 3 aromatic rings. The fraction of sp³-hybridized carbons (Fsp3) is 0.207. The molecule has 44 heavy (non-hydrogen) atoms. The molecule has 15 nitrogen and oxygen atoms in total. The maximum absolute atomic E-state index is 12.8. The molecule has 4 rings (SSSR count). The second-order valence-corrected chi connectivity index (χ2v) is 9.50. The molecule has 0 spiro atoms. The molecule has 8 N–H and O–H groups in total. The second kappa shape index (κ2) is 13.3. The van der Waals surface area contributed by atoms with Crippen molar-refractivity contribution in [3.63, 3.8) is 0 Å². The number of phenols is 6. The van der Waals surface area contributed by atoms with Crippen molar-refractivity contribution in [3.05, 3.63) is 77.4 Å². The normalized spacial score (nSPS) is 21.5. The van der Waals surface area contributed by atoms with Gasteiger partial charge in [-0.05, 0) is 35.9 Å². The number of hydrogen-bond donors (Lipinski definition) is 8. The van der Waals surface area contributed by atoms with Gasteiger partial charge in [0.1, 0.15) is 12.2 Å². The number of rotatable bonds is 9. The fourth-order valence-corrected chi connectivity index (χ4v) is 4.06. The Labute approximate surface area is 247 Å². The van der Waals surface area contributed by atoms with Crippen molar-refractivity contribution in [2.45, 2.75) is 37.1 Å². The van der Waals surface area contributed by atoms with Crippen LogP contribution in [0.15, 0.2) is 60.7 Å². The van der Waals surface area contributed by atoms with Crippen molar-refractivity contribution in [1.29, 1.82) is 0 Å². The van der Waals surface area contributed by atoms with Crippen LogP contribution in [0, 0.1) is 0 Å². The highest BCUT2D eigenvalue weighted by Gasteiger charge is 2.49. The molecule has 1 heterocycles. The van der Waals surface area contributed by atoms with Gasteiger partial charge in [0.25, 0.3) is 0 Å². The smallest absolute Gasteiger partial charge is 0.373 e. The van der Waals surface area contributed by atoms with Gasteiger partial charge in [0.2, 0.25) is 6.29 Å². The number of carbonyl (C=O) groups is 3. The monoisotopic (exact) mass is 614 g/mol. The van der Waals surface area contributed by atoms with Gasteiger partial charge in [0.05, 0.1) is 17.2 Å². The van der Waals surface area contributed by atoms with E-state index >= 15 is 0 Å². The van der Waals surface area contributed by atoms with Gasteiger partial charge in [0, 0.05) is 6.42 Å². The Balaban J connectivity index is 1.55. The number of esters is 1. The molecule has 0 saturated carbocycles. The molecular formula is C29H26O15. The van der Waals surface area contributed by atoms with E-state index in [1.54, 1.807) is 30.3 Å². The number of aromatic hydroxyl groups is 6.